The summed E-state index contributed by atoms with van der Waals surface area (Å²) >= 11 is 0. The topological polar surface area (TPSA) is 29.5 Å². The van der Waals surface area contributed by atoms with E-state index in [1.165, 1.54) is 12.8 Å². The van der Waals surface area contributed by atoms with Gasteiger partial charge in [-0.2, -0.15) is 0 Å². The Bertz CT molecular complexity index is 93.8. The second-order valence-electron chi connectivity index (χ2n) is 3.39. The molecule has 1 N–H and O–H groups in total. The predicted octanol–water partition coefficient (Wildman–Crippen LogP) is 2.21. The SMILES string of the molecule is CCCC(C)CC(CO)OCC. The van der Waals surface area contributed by atoms with Crippen LogP contribution in [0.15, 0.2) is 0 Å². The Morgan fingerprint density at radius 1 is 1.33 bits per heavy atom. The average molecular weight is 174 g/mol. The third-order valence-electron chi connectivity index (χ3n) is 2.05. The molecule has 74 valence electrons. The Morgan fingerprint density at radius 2 is 2.00 bits per heavy atom. The van der Waals surface area contributed by atoms with Crippen LogP contribution in [0.5, 0.6) is 0 Å². The van der Waals surface area contributed by atoms with Crippen LogP contribution >= 0.6 is 0 Å². The normalized spacial score (nSPS) is 16.0. The van der Waals surface area contributed by atoms with Gasteiger partial charge in [-0.1, -0.05) is 26.7 Å². The molecule has 0 aromatic heterocycles. The highest BCUT2D eigenvalue weighted by molar-refractivity contribution is 4.61. The lowest BCUT2D eigenvalue weighted by Crippen LogP contribution is -2.20. The lowest BCUT2D eigenvalue weighted by molar-refractivity contribution is 0.00584. The van der Waals surface area contributed by atoms with E-state index in [1.54, 1.807) is 0 Å². The van der Waals surface area contributed by atoms with Crippen LogP contribution in [0, 0.1) is 5.92 Å². The largest absolute Gasteiger partial charge is 0.394 e. The molecule has 0 aliphatic carbocycles. The molecule has 2 unspecified atom stereocenters. The summed E-state index contributed by atoms with van der Waals surface area (Å²) in [5.41, 5.74) is 0. The van der Waals surface area contributed by atoms with Gasteiger partial charge in [0, 0.05) is 6.61 Å². The van der Waals surface area contributed by atoms with Gasteiger partial charge >= 0.3 is 0 Å². The lowest BCUT2D eigenvalue weighted by atomic mass is 9.99. The number of aliphatic hydroxyl groups excluding tert-OH is 1. The maximum atomic E-state index is 8.95. The van der Waals surface area contributed by atoms with Crippen LogP contribution < -0.4 is 0 Å². The predicted molar refractivity (Wildman–Crippen MR) is 51.2 cm³/mol. The molecule has 0 aromatic carbocycles. The molecule has 0 saturated carbocycles. The number of aliphatic hydroxyl groups is 1. The van der Waals surface area contributed by atoms with Crippen LogP contribution in [-0.2, 0) is 4.74 Å². The molecule has 2 heteroatoms. The first-order chi connectivity index (χ1) is 5.74. The zero-order chi connectivity index (χ0) is 9.40. The first-order valence-corrected chi connectivity index (χ1v) is 4.97. The van der Waals surface area contributed by atoms with Crippen molar-refractivity contribution in [2.24, 2.45) is 5.92 Å². The Balaban J connectivity index is 3.53. The summed E-state index contributed by atoms with van der Waals surface area (Å²) in [5.74, 6) is 0.665. The second kappa shape index (κ2) is 7.56. The first-order valence-electron chi connectivity index (χ1n) is 4.97. The molecule has 0 aliphatic heterocycles. The third kappa shape index (κ3) is 5.56. The van der Waals surface area contributed by atoms with Crippen LogP contribution in [0.4, 0.5) is 0 Å². The van der Waals surface area contributed by atoms with Crippen molar-refractivity contribution in [2.75, 3.05) is 13.2 Å². The summed E-state index contributed by atoms with van der Waals surface area (Å²) in [6, 6.07) is 0. The van der Waals surface area contributed by atoms with Crippen LogP contribution in [0.2, 0.25) is 0 Å². The molecule has 0 amide bonds. The Labute approximate surface area is 75.9 Å². The van der Waals surface area contributed by atoms with E-state index in [-0.39, 0.29) is 12.7 Å². The van der Waals surface area contributed by atoms with Gasteiger partial charge in [0.2, 0.25) is 0 Å². The number of ether oxygens (including phenoxy) is 1. The number of rotatable bonds is 7. The van der Waals surface area contributed by atoms with Crippen LogP contribution in [0.3, 0.4) is 0 Å². The van der Waals surface area contributed by atoms with Crippen molar-refractivity contribution in [1.82, 2.24) is 0 Å². The molecule has 12 heavy (non-hydrogen) atoms. The van der Waals surface area contributed by atoms with Gasteiger partial charge in [-0.15, -0.1) is 0 Å². The zero-order valence-electron chi connectivity index (χ0n) is 8.55. The zero-order valence-corrected chi connectivity index (χ0v) is 8.55. The highest BCUT2D eigenvalue weighted by atomic mass is 16.5. The minimum Gasteiger partial charge on any atom is -0.394 e. The van der Waals surface area contributed by atoms with Gasteiger partial charge in [-0.3, -0.25) is 0 Å². The average Bonchev–Trinajstić information content (AvgIpc) is 2.04. The van der Waals surface area contributed by atoms with Gasteiger partial charge in [0.25, 0.3) is 0 Å². The van der Waals surface area contributed by atoms with Gasteiger partial charge in [0.15, 0.2) is 0 Å². The maximum Gasteiger partial charge on any atom is 0.0808 e. The third-order valence-corrected chi connectivity index (χ3v) is 2.05. The number of hydrogen-bond donors (Lipinski definition) is 1. The smallest absolute Gasteiger partial charge is 0.0808 e. The van der Waals surface area contributed by atoms with Gasteiger partial charge in [0.05, 0.1) is 12.7 Å². The highest BCUT2D eigenvalue weighted by Gasteiger charge is 2.11. The summed E-state index contributed by atoms with van der Waals surface area (Å²) < 4.78 is 5.36. The van der Waals surface area contributed by atoms with Crippen molar-refractivity contribution in [3.8, 4) is 0 Å². The molecule has 0 bridgehead atoms. The highest BCUT2D eigenvalue weighted by Crippen LogP contribution is 2.14. The molecule has 2 nitrogen and oxygen atoms in total. The van der Waals surface area contributed by atoms with E-state index in [0.717, 1.165) is 6.42 Å². The van der Waals surface area contributed by atoms with E-state index >= 15 is 0 Å². The fourth-order valence-electron chi connectivity index (χ4n) is 1.49. The summed E-state index contributed by atoms with van der Waals surface area (Å²) in [7, 11) is 0. The van der Waals surface area contributed by atoms with Crippen molar-refractivity contribution in [2.45, 2.75) is 46.1 Å². The minimum absolute atomic E-state index is 0.0524. The molecule has 0 spiro atoms. The number of hydrogen-bond acceptors (Lipinski definition) is 2. The van der Waals surface area contributed by atoms with Crippen LogP contribution in [0.25, 0.3) is 0 Å². The molecular weight excluding hydrogens is 152 g/mol. The maximum absolute atomic E-state index is 8.95. The van der Waals surface area contributed by atoms with Crippen molar-refractivity contribution in [3.63, 3.8) is 0 Å². The quantitative estimate of drug-likeness (QED) is 0.641. The van der Waals surface area contributed by atoms with Gasteiger partial charge in [-0.05, 0) is 19.3 Å². The van der Waals surface area contributed by atoms with Gasteiger partial charge < -0.3 is 9.84 Å². The van der Waals surface area contributed by atoms with Crippen molar-refractivity contribution >= 4 is 0 Å². The molecule has 0 aliphatic rings. The molecule has 0 aromatic rings. The molecular formula is C10H22O2. The standard InChI is InChI=1S/C10H22O2/c1-4-6-9(3)7-10(8-11)12-5-2/h9-11H,4-8H2,1-3H3. The summed E-state index contributed by atoms with van der Waals surface area (Å²) in [5, 5.41) is 8.95. The Kier molecular flexibility index (Phi) is 7.51. The molecule has 0 radical (unpaired) electrons. The van der Waals surface area contributed by atoms with Crippen molar-refractivity contribution < 1.29 is 9.84 Å². The minimum atomic E-state index is 0.0524. The van der Waals surface area contributed by atoms with Crippen molar-refractivity contribution in [1.29, 1.82) is 0 Å². The van der Waals surface area contributed by atoms with Crippen LogP contribution in [-0.4, -0.2) is 24.4 Å². The second-order valence-corrected chi connectivity index (χ2v) is 3.39. The van der Waals surface area contributed by atoms with Crippen LogP contribution in [0.1, 0.15) is 40.0 Å². The van der Waals surface area contributed by atoms with E-state index in [1.807, 2.05) is 6.92 Å². The van der Waals surface area contributed by atoms with E-state index in [0.29, 0.717) is 12.5 Å². The summed E-state index contributed by atoms with van der Waals surface area (Å²) in [6.45, 7) is 7.22. The van der Waals surface area contributed by atoms with E-state index < -0.39 is 0 Å². The molecule has 0 fully saturated rings. The Hall–Kier alpha value is -0.0800. The fraction of sp³-hybridized carbons (Fsp3) is 1.00. The van der Waals surface area contributed by atoms with Crippen molar-refractivity contribution in [3.05, 3.63) is 0 Å². The summed E-state index contributed by atoms with van der Waals surface area (Å²) in [6.07, 6.45) is 3.48. The molecule has 2 atom stereocenters. The van der Waals surface area contributed by atoms with E-state index in [9.17, 15) is 0 Å². The van der Waals surface area contributed by atoms with E-state index in [2.05, 4.69) is 13.8 Å². The molecule has 0 saturated heterocycles. The van der Waals surface area contributed by atoms with Gasteiger partial charge in [-0.25, -0.2) is 0 Å². The monoisotopic (exact) mass is 174 g/mol. The molecule has 0 rings (SSSR count). The summed E-state index contributed by atoms with van der Waals surface area (Å²) in [4.78, 5) is 0. The first kappa shape index (κ1) is 11.9. The van der Waals surface area contributed by atoms with Gasteiger partial charge in [0.1, 0.15) is 0 Å². The fourth-order valence-corrected chi connectivity index (χ4v) is 1.49. The van der Waals surface area contributed by atoms with E-state index in [4.69, 9.17) is 9.84 Å². The molecule has 0 heterocycles. The Morgan fingerprint density at radius 3 is 2.42 bits per heavy atom. The lowest BCUT2D eigenvalue weighted by Gasteiger charge is -2.18.